The maximum absolute atomic E-state index is 12.3. The van der Waals surface area contributed by atoms with Crippen LogP contribution in [0.3, 0.4) is 0 Å². The minimum absolute atomic E-state index is 0.0160. The van der Waals surface area contributed by atoms with E-state index in [1.165, 1.54) is 0 Å². The van der Waals surface area contributed by atoms with Crippen LogP contribution in [0.25, 0.3) is 0 Å². The second-order valence-corrected chi connectivity index (χ2v) is 3.55. The van der Waals surface area contributed by atoms with Gasteiger partial charge in [0, 0.05) is 18.9 Å². The van der Waals surface area contributed by atoms with Crippen molar-refractivity contribution < 1.29 is 13.6 Å². The van der Waals surface area contributed by atoms with Crippen molar-refractivity contribution >= 4 is 6.41 Å². The molecule has 1 unspecified atom stereocenters. The van der Waals surface area contributed by atoms with Crippen LogP contribution in [0.1, 0.15) is 40.0 Å². The first kappa shape index (κ1) is 13.3. The normalized spacial score (nSPS) is 21.2. The highest BCUT2D eigenvalue weighted by Gasteiger charge is 2.45. The third-order valence-corrected chi connectivity index (χ3v) is 2.21. The van der Waals surface area contributed by atoms with Crippen molar-refractivity contribution in [3.8, 4) is 0 Å². The van der Waals surface area contributed by atoms with E-state index >= 15 is 0 Å². The molecule has 1 atom stereocenters. The zero-order chi connectivity index (χ0) is 11.2. The first-order chi connectivity index (χ1) is 6.53. The zero-order valence-electron chi connectivity index (χ0n) is 9.02. The number of rotatable bonds is 4. The molecule has 84 valence electrons. The van der Waals surface area contributed by atoms with Gasteiger partial charge in [-0.15, -0.1) is 0 Å². The Morgan fingerprint density at radius 1 is 1.50 bits per heavy atom. The topological polar surface area (TPSA) is 29.1 Å². The lowest BCUT2D eigenvalue weighted by Gasteiger charge is -2.36. The summed E-state index contributed by atoms with van der Waals surface area (Å²) >= 11 is 0. The van der Waals surface area contributed by atoms with E-state index in [2.05, 4.69) is 5.32 Å². The van der Waals surface area contributed by atoms with Gasteiger partial charge in [0.1, 0.15) is 0 Å². The summed E-state index contributed by atoms with van der Waals surface area (Å²) < 4.78 is 24.7. The van der Waals surface area contributed by atoms with Crippen molar-refractivity contribution in [1.29, 1.82) is 0 Å². The lowest BCUT2D eigenvalue weighted by atomic mass is 9.78. The van der Waals surface area contributed by atoms with Gasteiger partial charge < -0.3 is 5.32 Å². The van der Waals surface area contributed by atoms with E-state index in [1.54, 1.807) is 0 Å². The molecule has 1 rings (SSSR count). The summed E-state index contributed by atoms with van der Waals surface area (Å²) in [5, 5.41) is 2.55. The molecule has 2 nitrogen and oxygen atoms in total. The van der Waals surface area contributed by atoms with Crippen LogP contribution in [-0.2, 0) is 4.79 Å². The van der Waals surface area contributed by atoms with Crippen LogP contribution in [0, 0.1) is 5.92 Å². The van der Waals surface area contributed by atoms with Gasteiger partial charge in [-0.1, -0.05) is 13.8 Å². The molecule has 14 heavy (non-hydrogen) atoms. The molecule has 0 radical (unpaired) electrons. The Bertz CT molecular complexity index is 166. The van der Waals surface area contributed by atoms with E-state index < -0.39 is 5.92 Å². The van der Waals surface area contributed by atoms with Crippen LogP contribution in [0.2, 0.25) is 0 Å². The Hall–Kier alpha value is -0.670. The van der Waals surface area contributed by atoms with Crippen LogP contribution >= 0.6 is 0 Å². The average Bonchev–Trinajstić information content (AvgIpc) is 2.05. The summed E-state index contributed by atoms with van der Waals surface area (Å²) in [6.45, 7) is 5.82. The third-order valence-electron chi connectivity index (χ3n) is 2.21. The van der Waals surface area contributed by atoms with Gasteiger partial charge in [0.15, 0.2) is 0 Å². The fourth-order valence-electron chi connectivity index (χ4n) is 1.64. The Morgan fingerprint density at radius 3 is 2.36 bits per heavy atom. The van der Waals surface area contributed by atoms with Gasteiger partial charge in [-0.2, -0.15) is 0 Å². The highest BCUT2D eigenvalue weighted by atomic mass is 19.3. The molecule has 1 N–H and O–H groups in total. The lowest BCUT2D eigenvalue weighted by molar-refractivity contribution is -0.116. The number of hydrogen-bond acceptors (Lipinski definition) is 1. The van der Waals surface area contributed by atoms with Gasteiger partial charge in [0.05, 0.1) is 0 Å². The predicted molar refractivity (Wildman–Crippen MR) is 52.3 cm³/mol. The largest absolute Gasteiger partial charge is 0.356 e. The first-order valence-corrected chi connectivity index (χ1v) is 5.11. The van der Waals surface area contributed by atoms with Crippen molar-refractivity contribution in [2.75, 3.05) is 0 Å². The number of amides is 1. The van der Waals surface area contributed by atoms with Crippen molar-refractivity contribution in [2.24, 2.45) is 5.92 Å². The van der Waals surface area contributed by atoms with Crippen molar-refractivity contribution in [1.82, 2.24) is 5.32 Å². The summed E-state index contributed by atoms with van der Waals surface area (Å²) in [5.41, 5.74) is 0. The quantitative estimate of drug-likeness (QED) is 0.705. The lowest BCUT2D eigenvalue weighted by Crippen LogP contribution is -2.39. The zero-order valence-corrected chi connectivity index (χ0v) is 9.02. The molecule has 4 heteroatoms. The molecule has 1 fully saturated rings. The molecule has 0 spiro atoms. The number of alkyl halides is 2. The molecule has 0 aromatic carbocycles. The van der Waals surface area contributed by atoms with E-state index in [-0.39, 0.29) is 24.8 Å². The van der Waals surface area contributed by atoms with Crippen molar-refractivity contribution in [3.63, 3.8) is 0 Å². The Balaban J connectivity index is 0.000000791. The summed E-state index contributed by atoms with van der Waals surface area (Å²) in [5.74, 6) is -2.35. The molecule has 0 aliphatic heterocycles. The van der Waals surface area contributed by atoms with Crippen molar-refractivity contribution in [2.45, 2.75) is 52.0 Å². The molecular weight excluding hydrogens is 188 g/mol. The number of hydrogen-bond donors (Lipinski definition) is 1. The SMILES string of the molecule is CC.CC(CC1CC(F)(F)C1)NC=O. The third kappa shape index (κ3) is 4.53. The van der Waals surface area contributed by atoms with E-state index in [1.807, 2.05) is 20.8 Å². The maximum Gasteiger partial charge on any atom is 0.248 e. The summed E-state index contributed by atoms with van der Waals surface area (Å²) in [7, 11) is 0. The number of carbonyl (C=O) groups is 1. The summed E-state index contributed by atoms with van der Waals surface area (Å²) in [6.07, 6.45) is 1.24. The Labute approximate surface area is 84.1 Å². The second-order valence-electron chi connectivity index (χ2n) is 3.55. The van der Waals surface area contributed by atoms with Gasteiger partial charge in [0.25, 0.3) is 0 Å². The highest BCUT2D eigenvalue weighted by molar-refractivity contribution is 5.46. The van der Waals surface area contributed by atoms with Crippen LogP contribution < -0.4 is 5.32 Å². The minimum Gasteiger partial charge on any atom is -0.356 e. The molecule has 0 bridgehead atoms. The molecular formula is C10H19F2NO. The van der Waals surface area contributed by atoms with Gasteiger partial charge in [-0.05, 0) is 19.3 Å². The smallest absolute Gasteiger partial charge is 0.248 e. The minimum atomic E-state index is -2.44. The van der Waals surface area contributed by atoms with Gasteiger partial charge in [-0.25, -0.2) is 8.78 Å². The van der Waals surface area contributed by atoms with E-state index in [0.717, 1.165) is 0 Å². The highest BCUT2D eigenvalue weighted by Crippen LogP contribution is 2.44. The Kier molecular flexibility index (Phi) is 5.65. The molecule has 0 heterocycles. The number of carbonyl (C=O) groups excluding carboxylic acids is 1. The van der Waals surface area contributed by atoms with Crippen molar-refractivity contribution in [3.05, 3.63) is 0 Å². The van der Waals surface area contributed by atoms with Gasteiger partial charge in [-0.3, -0.25) is 4.79 Å². The fraction of sp³-hybridized carbons (Fsp3) is 0.900. The predicted octanol–water partition coefficient (Wildman–Crippen LogP) is 2.58. The van der Waals surface area contributed by atoms with E-state index in [9.17, 15) is 13.6 Å². The molecule has 0 aromatic heterocycles. The second kappa shape index (κ2) is 5.94. The van der Waals surface area contributed by atoms with Crippen LogP contribution in [0.5, 0.6) is 0 Å². The Morgan fingerprint density at radius 2 is 2.00 bits per heavy atom. The molecule has 1 saturated carbocycles. The fourth-order valence-corrected chi connectivity index (χ4v) is 1.64. The first-order valence-electron chi connectivity index (χ1n) is 5.11. The molecule has 1 aliphatic rings. The molecule has 1 amide bonds. The van der Waals surface area contributed by atoms with Crippen LogP contribution in [-0.4, -0.2) is 18.4 Å². The van der Waals surface area contributed by atoms with Crippen LogP contribution in [0.15, 0.2) is 0 Å². The van der Waals surface area contributed by atoms with E-state index in [0.29, 0.717) is 12.8 Å². The van der Waals surface area contributed by atoms with E-state index in [4.69, 9.17) is 0 Å². The number of nitrogens with one attached hydrogen (secondary N) is 1. The summed E-state index contributed by atoms with van der Waals surface area (Å²) in [6, 6.07) is 0.0172. The molecule has 0 aromatic rings. The monoisotopic (exact) mass is 207 g/mol. The summed E-state index contributed by atoms with van der Waals surface area (Å²) in [4.78, 5) is 9.97. The van der Waals surface area contributed by atoms with Gasteiger partial charge in [0.2, 0.25) is 12.3 Å². The van der Waals surface area contributed by atoms with Crippen LogP contribution in [0.4, 0.5) is 8.78 Å². The number of halogens is 2. The maximum atomic E-state index is 12.3. The van der Waals surface area contributed by atoms with Gasteiger partial charge >= 0.3 is 0 Å². The average molecular weight is 207 g/mol. The molecule has 0 saturated heterocycles. The molecule has 1 aliphatic carbocycles. The standard InChI is InChI=1S/C8H13F2NO.C2H6/c1-6(11-5-12)2-7-3-8(9,10)4-7;1-2/h5-7H,2-4H2,1H3,(H,11,12);1-2H3.